The molecule has 0 radical (unpaired) electrons. The van der Waals surface area contributed by atoms with Gasteiger partial charge in [0.15, 0.2) is 0 Å². The predicted molar refractivity (Wildman–Crippen MR) is 193 cm³/mol. The van der Waals surface area contributed by atoms with Gasteiger partial charge in [0, 0.05) is 78.6 Å². The van der Waals surface area contributed by atoms with Crippen molar-refractivity contribution in [2.45, 2.75) is 0 Å². The average molecular weight is 611 g/mol. The van der Waals surface area contributed by atoms with E-state index in [9.17, 15) is 0 Å². The van der Waals surface area contributed by atoms with Crippen LogP contribution in [-0.4, -0.2) is 38.7 Å². The van der Waals surface area contributed by atoms with E-state index >= 15 is 0 Å². The third-order valence-corrected chi connectivity index (χ3v) is 10.5. The fourth-order valence-electron chi connectivity index (χ4n) is 8.76. The molecular formula is C40H18N8. The topological polar surface area (TPSA) is 86.2 Å². The van der Waals surface area contributed by atoms with Crippen molar-refractivity contribution in [2.24, 2.45) is 0 Å². The quantitative estimate of drug-likeness (QED) is 0.126. The van der Waals surface area contributed by atoms with Crippen molar-refractivity contribution in [3.05, 3.63) is 110 Å². The van der Waals surface area contributed by atoms with Crippen LogP contribution in [0.4, 0.5) is 0 Å². The summed E-state index contributed by atoms with van der Waals surface area (Å²) in [5.41, 5.74) is 11.3. The second kappa shape index (κ2) is 7.76. The minimum Gasteiger partial charge on any atom is -0.290 e. The van der Waals surface area contributed by atoms with Crippen LogP contribution in [0, 0.1) is 0 Å². The number of rotatable bonds is 0. The van der Waals surface area contributed by atoms with Crippen LogP contribution in [0.15, 0.2) is 110 Å². The molecule has 0 bridgehead atoms. The minimum atomic E-state index is 0.822. The van der Waals surface area contributed by atoms with Crippen LogP contribution in [0.2, 0.25) is 0 Å². The largest absolute Gasteiger partial charge is 0.290 e. The monoisotopic (exact) mass is 610 g/mol. The molecule has 13 aromatic rings. The molecule has 8 heteroatoms. The standard InChI is InChI=1S/C40H18N8/c1-7-19-21-11-3-17-43-39(21)47-35(19)23(9-1)27-33-34(46-32-26-14-6-16-42-30(26)29-25(31(32)45-33)13-5-15-41-29)28-24-10-2-8-20-22-12-4-18-44-40(22)48(36(20)24)38(28)37(27)47/h1-18H. The lowest BCUT2D eigenvalue weighted by atomic mass is 10.0. The molecule has 0 N–H and O–H groups in total. The number of aromatic nitrogens is 8. The Balaban J connectivity index is 1.45. The minimum absolute atomic E-state index is 0.822. The highest BCUT2D eigenvalue weighted by Gasteiger charge is 2.29. The van der Waals surface area contributed by atoms with Crippen molar-refractivity contribution in [1.82, 2.24) is 38.7 Å². The molecule has 13 rings (SSSR count). The first kappa shape index (κ1) is 23.5. The van der Waals surface area contributed by atoms with E-state index in [1.54, 1.807) is 0 Å². The van der Waals surface area contributed by atoms with Crippen molar-refractivity contribution in [1.29, 1.82) is 0 Å². The summed E-state index contributed by atoms with van der Waals surface area (Å²) in [6.45, 7) is 0. The average Bonchev–Trinajstić information content (AvgIpc) is 3.88. The van der Waals surface area contributed by atoms with Gasteiger partial charge >= 0.3 is 0 Å². The van der Waals surface area contributed by atoms with Gasteiger partial charge in [-0.2, -0.15) is 0 Å². The van der Waals surface area contributed by atoms with Gasteiger partial charge in [-0.3, -0.25) is 18.8 Å². The predicted octanol–water partition coefficient (Wildman–Crippen LogP) is 8.97. The van der Waals surface area contributed by atoms with E-state index < -0.39 is 0 Å². The molecule has 8 nitrogen and oxygen atoms in total. The summed E-state index contributed by atoms with van der Waals surface area (Å²) >= 11 is 0. The van der Waals surface area contributed by atoms with Crippen molar-refractivity contribution < 1.29 is 0 Å². The zero-order chi connectivity index (χ0) is 30.8. The summed E-state index contributed by atoms with van der Waals surface area (Å²) in [6, 6.07) is 29.6. The lowest BCUT2D eigenvalue weighted by Crippen LogP contribution is -1.96. The van der Waals surface area contributed by atoms with Crippen LogP contribution in [0.25, 0.3) is 120 Å². The van der Waals surface area contributed by atoms with E-state index in [2.05, 4.69) is 69.5 Å². The van der Waals surface area contributed by atoms with Gasteiger partial charge in [0.05, 0.1) is 44.1 Å². The van der Waals surface area contributed by atoms with Gasteiger partial charge in [0.2, 0.25) is 0 Å². The Hall–Kier alpha value is -6.80. The molecule has 9 heterocycles. The lowest BCUT2D eigenvalue weighted by Gasteiger charge is -2.11. The Morgan fingerprint density at radius 2 is 0.708 bits per heavy atom. The smallest absolute Gasteiger partial charge is 0.145 e. The van der Waals surface area contributed by atoms with Gasteiger partial charge in [0.1, 0.15) is 22.3 Å². The first-order valence-electron chi connectivity index (χ1n) is 16.0. The van der Waals surface area contributed by atoms with Crippen molar-refractivity contribution in [3.8, 4) is 0 Å². The summed E-state index contributed by atoms with van der Waals surface area (Å²) in [5.74, 6) is 0. The summed E-state index contributed by atoms with van der Waals surface area (Å²) in [7, 11) is 0. The zero-order valence-electron chi connectivity index (χ0n) is 25.0. The Morgan fingerprint density at radius 1 is 0.312 bits per heavy atom. The molecule has 0 saturated heterocycles. The molecule has 0 aliphatic rings. The molecule has 4 aromatic carbocycles. The SMILES string of the molecule is c1cnc2c(c1)c1nc3c(nc1c1cccnc12)c1c2cccc4c5cccnc5n(c42)c1c1c3c2cccc3c4cccnc4n1c32. The highest BCUT2D eigenvalue weighted by atomic mass is 15.0. The number of para-hydroxylation sites is 2. The molecular weight excluding hydrogens is 592 g/mol. The first-order chi connectivity index (χ1) is 23.9. The second-order valence-corrected chi connectivity index (χ2v) is 12.7. The number of hydrogen-bond acceptors (Lipinski definition) is 6. The highest BCUT2D eigenvalue weighted by molar-refractivity contribution is 6.40. The van der Waals surface area contributed by atoms with Crippen molar-refractivity contribution >= 4 is 120 Å². The number of pyridine rings is 4. The number of nitrogens with zero attached hydrogens (tertiary/aromatic N) is 8. The van der Waals surface area contributed by atoms with E-state index in [1.165, 1.54) is 10.8 Å². The van der Waals surface area contributed by atoms with Crippen LogP contribution < -0.4 is 0 Å². The Bertz CT molecular complexity index is 3340. The van der Waals surface area contributed by atoms with E-state index in [4.69, 9.17) is 29.9 Å². The van der Waals surface area contributed by atoms with Gasteiger partial charge in [-0.25, -0.2) is 19.9 Å². The normalized spacial score (nSPS) is 13.0. The van der Waals surface area contributed by atoms with Gasteiger partial charge in [-0.15, -0.1) is 0 Å². The molecule has 0 fully saturated rings. The Kier molecular flexibility index (Phi) is 3.80. The maximum absolute atomic E-state index is 5.62. The molecule has 0 saturated carbocycles. The molecule has 218 valence electrons. The lowest BCUT2D eigenvalue weighted by molar-refractivity contribution is 1.24. The third kappa shape index (κ3) is 2.44. The Morgan fingerprint density at radius 3 is 1.19 bits per heavy atom. The van der Waals surface area contributed by atoms with Gasteiger partial charge in [-0.05, 0) is 48.5 Å². The van der Waals surface area contributed by atoms with Crippen molar-refractivity contribution in [3.63, 3.8) is 0 Å². The van der Waals surface area contributed by atoms with Crippen LogP contribution in [-0.2, 0) is 0 Å². The molecule has 0 aliphatic carbocycles. The molecule has 9 aromatic heterocycles. The Labute approximate surface area is 268 Å². The summed E-state index contributed by atoms with van der Waals surface area (Å²) in [4.78, 5) is 30.8. The molecule has 0 amide bonds. The van der Waals surface area contributed by atoms with Crippen LogP contribution in [0.1, 0.15) is 0 Å². The molecule has 0 atom stereocenters. The number of fused-ring (bicyclic) bond motifs is 22. The fraction of sp³-hybridized carbons (Fsp3) is 0. The van der Waals surface area contributed by atoms with E-state index in [0.717, 1.165) is 110 Å². The van der Waals surface area contributed by atoms with Gasteiger partial charge < -0.3 is 0 Å². The second-order valence-electron chi connectivity index (χ2n) is 12.7. The maximum Gasteiger partial charge on any atom is 0.145 e. The van der Waals surface area contributed by atoms with Crippen molar-refractivity contribution in [2.75, 3.05) is 0 Å². The summed E-state index contributed by atoms with van der Waals surface area (Å²) in [5, 5.41) is 10.9. The fourth-order valence-corrected chi connectivity index (χ4v) is 8.76. The van der Waals surface area contributed by atoms with Gasteiger partial charge in [0.25, 0.3) is 0 Å². The maximum atomic E-state index is 5.62. The summed E-state index contributed by atoms with van der Waals surface area (Å²) in [6.07, 6.45) is 7.41. The molecule has 48 heavy (non-hydrogen) atoms. The van der Waals surface area contributed by atoms with Crippen LogP contribution >= 0.6 is 0 Å². The highest BCUT2D eigenvalue weighted by Crippen LogP contribution is 2.49. The molecule has 0 aliphatic heterocycles. The van der Waals surface area contributed by atoms with Crippen LogP contribution in [0.3, 0.4) is 0 Å². The van der Waals surface area contributed by atoms with E-state index in [1.807, 2.05) is 49.1 Å². The van der Waals surface area contributed by atoms with Crippen LogP contribution in [0.5, 0.6) is 0 Å². The van der Waals surface area contributed by atoms with Gasteiger partial charge in [-0.1, -0.05) is 36.4 Å². The molecule has 0 unspecified atom stereocenters. The van der Waals surface area contributed by atoms with E-state index in [0.29, 0.717) is 0 Å². The van der Waals surface area contributed by atoms with E-state index in [-0.39, 0.29) is 0 Å². The third-order valence-electron chi connectivity index (χ3n) is 10.5. The molecule has 0 spiro atoms. The zero-order valence-corrected chi connectivity index (χ0v) is 25.0. The number of benzene rings is 4. The first-order valence-corrected chi connectivity index (χ1v) is 16.0. The number of hydrogen-bond donors (Lipinski definition) is 0. The summed E-state index contributed by atoms with van der Waals surface area (Å²) < 4.78 is 4.71.